The van der Waals surface area contributed by atoms with E-state index in [4.69, 9.17) is 0 Å². The van der Waals surface area contributed by atoms with Gasteiger partial charge in [0, 0.05) is 31.2 Å². The molecule has 0 aromatic heterocycles. The number of benzene rings is 2. The summed E-state index contributed by atoms with van der Waals surface area (Å²) >= 11 is 0. The molecular formula is C23H31N3O3S. The maximum Gasteiger partial charge on any atom is 0.251 e. The number of sulfonamides is 1. The summed E-state index contributed by atoms with van der Waals surface area (Å²) in [7, 11) is -3.70. The molecule has 0 radical (unpaired) electrons. The summed E-state index contributed by atoms with van der Waals surface area (Å²) in [5.41, 5.74) is 1.22. The van der Waals surface area contributed by atoms with E-state index >= 15 is 0 Å². The quantitative estimate of drug-likeness (QED) is 0.600. The Labute approximate surface area is 179 Å². The van der Waals surface area contributed by atoms with Gasteiger partial charge in [0.05, 0.1) is 4.90 Å². The Kier molecular flexibility index (Phi) is 8.01. The smallest absolute Gasteiger partial charge is 0.251 e. The van der Waals surface area contributed by atoms with Crippen LogP contribution in [0.4, 0.5) is 0 Å². The molecule has 162 valence electrons. The number of hydrogen-bond donors (Lipinski definition) is 2. The number of nitrogens with zero attached hydrogens (tertiary/aromatic N) is 1. The highest BCUT2D eigenvalue weighted by Gasteiger charge is 2.18. The van der Waals surface area contributed by atoms with E-state index in [9.17, 15) is 13.2 Å². The van der Waals surface area contributed by atoms with Gasteiger partial charge in [0.15, 0.2) is 0 Å². The molecule has 3 rings (SSSR count). The lowest BCUT2D eigenvalue weighted by molar-refractivity contribution is 0.0948. The highest BCUT2D eigenvalue weighted by Crippen LogP contribution is 2.16. The van der Waals surface area contributed by atoms with E-state index in [1.54, 1.807) is 12.1 Å². The van der Waals surface area contributed by atoms with Crippen LogP contribution in [0, 0.1) is 0 Å². The first kappa shape index (κ1) is 22.5. The number of carbonyl (C=O) groups is 1. The van der Waals surface area contributed by atoms with E-state index in [0.717, 1.165) is 25.1 Å². The number of carbonyl (C=O) groups excluding carboxylic acids is 1. The van der Waals surface area contributed by atoms with Crippen molar-refractivity contribution in [1.82, 2.24) is 14.9 Å². The fourth-order valence-corrected chi connectivity index (χ4v) is 4.80. The van der Waals surface area contributed by atoms with Crippen molar-refractivity contribution < 1.29 is 13.2 Å². The van der Waals surface area contributed by atoms with Gasteiger partial charge in [-0.15, -0.1) is 0 Å². The molecule has 0 aliphatic carbocycles. The number of piperidine rings is 1. The van der Waals surface area contributed by atoms with E-state index < -0.39 is 10.0 Å². The summed E-state index contributed by atoms with van der Waals surface area (Å²) in [4.78, 5) is 15.0. The van der Waals surface area contributed by atoms with Crippen molar-refractivity contribution >= 4 is 15.9 Å². The normalized spacial score (nSPS) is 17.6. The molecule has 2 aromatic carbocycles. The van der Waals surface area contributed by atoms with Gasteiger partial charge in [-0.25, -0.2) is 13.1 Å². The van der Waals surface area contributed by atoms with Crippen LogP contribution in [0.25, 0.3) is 0 Å². The topological polar surface area (TPSA) is 78.5 Å². The molecule has 0 saturated carbocycles. The van der Waals surface area contributed by atoms with Crippen molar-refractivity contribution in [3.8, 4) is 0 Å². The predicted molar refractivity (Wildman–Crippen MR) is 119 cm³/mol. The molecule has 1 fully saturated rings. The lowest BCUT2D eigenvalue weighted by atomic mass is 10.0. The van der Waals surface area contributed by atoms with Crippen molar-refractivity contribution in [3.63, 3.8) is 0 Å². The van der Waals surface area contributed by atoms with E-state index in [-0.39, 0.29) is 17.3 Å². The Balaban J connectivity index is 1.51. The monoisotopic (exact) mass is 429 g/mol. The van der Waals surface area contributed by atoms with Gasteiger partial charge in [0.25, 0.3) is 5.91 Å². The van der Waals surface area contributed by atoms with Crippen molar-refractivity contribution in [2.45, 2.75) is 50.1 Å². The lowest BCUT2D eigenvalue weighted by Gasteiger charge is -2.33. The Morgan fingerprint density at radius 2 is 1.90 bits per heavy atom. The Morgan fingerprint density at radius 1 is 1.10 bits per heavy atom. The van der Waals surface area contributed by atoms with E-state index in [0.29, 0.717) is 18.2 Å². The van der Waals surface area contributed by atoms with Crippen LogP contribution in [-0.4, -0.2) is 44.9 Å². The molecule has 0 bridgehead atoms. The van der Waals surface area contributed by atoms with Crippen LogP contribution in [0.1, 0.15) is 48.5 Å². The number of likely N-dealkylation sites (tertiary alicyclic amines) is 1. The zero-order valence-corrected chi connectivity index (χ0v) is 18.3. The molecule has 1 saturated heterocycles. The summed E-state index contributed by atoms with van der Waals surface area (Å²) in [5.74, 6) is -0.248. The van der Waals surface area contributed by atoms with Crippen LogP contribution in [0.3, 0.4) is 0 Å². The van der Waals surface area contributed by atoms with Gasteiger partial charge in [-0.05, 0) is 56.5 Å². The molecule has 30 heavy (non-hydrogen) atoms. The minimum Gasteiger partial charge on any atom is -0.352 e. The van der Waals surface area contributed by atoms with Gasteiger partial charge < -0.3 is 10.2 Å². The highest BCUT2D eigenvalue weighted by molar-refractivity contribution is 7.89. The third-order valence-electron chi connectivity index (χ3n) is 5.56. The van der Waals surface area contributed by atoms with Crippen molar-refractivity contribution in [1.29, 1.82) is 0 Å². The minimum atomic E-state index is -3.70. The zero-order valence-electron chi connectivity index (χ0n) is 17.5. The fourth-order valence-electron chi connectivity index (χ4n) is 3.74. The van der Waals surface area contributed by atoms with Crippen LogP contribution in [0.2, 0.25) is 0 Å². The van der Waals surface area contributed by atoms with Crippen molar-refractivity contribution in [2.75, 3.05) is 19.6 Å². The first-order valence-corrected chi connectivity index (χ1v) is 12.1. The molecule has 2 N–H and O–H groups in total. The van der Waals surface area contributed by atoms with Crippen LogP contribution >= 0.6 is 0 Å². The van der Waals surface area contributed by atoms with Crippen LogP contribution < -0.4 is 10.0 Å². The minimum absolute atomic E-state index is 0.0909. The maximum absolute atomic E-state index is 12.6. The highest BCUT2D eigenvalue weighted by atomic mass is 32.2. The molecule has 1 aliphatic rings. The molecule has 0 unspecified atom stereocenters. The molecule has 0 spiro atoms. The molecule has 6 nitrogen and oxygen atoms in total. The van der Waals surface area contributed by atoms with Gasteiger partial charge in [-0.3, -0.25) is 4.79 Å². The SMILES string of the molecule is C[C@H]1CCCCN1CCCNC(=O)c1cccc(S(=O)(=O)NCc2ccccc2)c1. The Bertz CT molecular complexity index is 932. The van der Waals surface area contributed by atoms with Crippen LogP contribution in [0.15, 0.2) is 59.5 Å². The van der Waals surface area contributed by atoms with Crippen molar-refractivity contribution in [3.05, 3.63) is 65.7 Å². The van der Waals surface area contributed by atoms with E-state index in [1.807, 2.05) is 30.3 Å². The molecule has 1 heterocycles. The summed E-state index contributed by atoms with van der Waals surface area (Å²) in [6.07, 6.45) is 4.67. The van der Waals surface area contributed by atoms with Crippen LogP contribution in [-0.2, 0) is 16.6 Å². The third-order valence-corrected chi connectivity index (χ3v) is 6.96. The number of nitrogens with one attached hydrogen (secondary N) is 2. The van der Waals surface area contributed by atoms with Gasteiger partial charge in [0.1, 0.15) is 0 Å². The lowest BCUT2D eigenvalue weighted by Crippen LogP contribution is -2.39. The summed E-state index contributed by atoms with van der Waals surface area (Å²) in [6.45, 7) is 5.14. The Morgan fingerprint density at radius 3 is 2.67 bits per heavy atom. The standard InChI is InChI=1S/C23H31N3O3S/c1-19-9-5-6-15-26(19)16-8-14-24-23(27)21-12-7-13-22(17-21)30(28,29)25-18-20-10-3-2-4-11-20/h2-4,7,10-13,17,19,25H,5-6,8-9,14-16,18H2,1H3,(H,24,27)/t19-/m0/s1. The fraction of sp³-hybridized carbons (Fsp3) is 0.435. The average molecular weight is 430 g/mol. The molecule has 1 aliphatic heterocycles. The summed E-state index contributed by atoms with van der Waals surface area (Å²) in [5, 5.41) is 2.91. The average Bonchev–Trinajstić information content (AvgIpc) is 2.77. The summed E-state index contributed by atoms with van der Waals surface area (Å²) in [6, 6.07) is 16.1. The molecule has 1 amide bonds. The van der Waals surface area contributed by atoms with Crippen LogP contribution in [0.5, 0.6) is 0 Å². The maximum atomic E-state index is 12.6. The van der Waals surface area contributed by atoms with E-state index in [2.05, 4.69) is 21.9 Å². The second-order valence-corrected chi connectivity index (χ2v) is 9.60. The molecule has 2 aromatic rings. The third kappa shape index (κ3) is 6.39. The predicted octanol–water partition coefficient (Wildman–Crippen LogP) is 3.16. The van der Waals surface area contributed by atoms with Crippen molar-refractivity contribution in [2.24, 2.45) is 0 Å². The molecular weight excluding hydrogens is 398 g/mol. The number of amides is 1. The second-order valence-electron chi connectivity index (χ2n) is 7.83. The number of rotatable bonds is 9. The largest absolute Gasteiger partial charge is 0.352 e. The van der Waals surface area contributed by atoms with E-state index in [1.165, 1.54) is 31.4 Å². The first-order valence-electron chi connectivity index (χ1n) is 10.6. The second kappa shape index (κ2) is 10.7. The first-order chi connectivity index (χ1) is 14.5. The zero-order chi connectivity index (χ0) is 21.4. The van der Waals surface area contributed by atoms with Gasteiger partial charge in [-0.2, -0.15) is 0 Å². The van der Waals surface area contributed by atoms with Gasteiger partial charge >= 0.3 is 0 Å². The molecule has 7 heteroatoms. The Hall–Kier alpha value is -2.22. The van der Waals surface area contributed by atoms with Gasteiger partial charge in [-0.1, -0.05) is 42.8 Å². The molecule has 1 atom stereocenters. The summed E-state index contributed by atoms with van der Waals surface area (Å²) < 4.78 is 27.8. The number of hydrogen-bond acceptors (Lipinski definition) is 4. The van der Waals surface area contributed by atoms with Gasteiger partial charge in [0.2, 0.25) is 10.0 Å².